The first-order chi connectivity index (χ1) is 10.5. The van der Waals surface area contributed by atoms with E-state index in [-0.39, 0.29) is 5.91 Å². The van der Waals surface area contributed by atoms with Crippen molar-refractivity contribution in [1.29, 1.82) is 0 Å². The summed E-state index contributed by atoms with van der Waals surface area (Å²) < 4.78 is 2.05. The summed E-state index contributed by atoms with van der Waals surface area (Å²) in [7, 11) is 3.54. The van der Waals surface area contributed by atoms with E-state index in [0.717, 1.165) is 30.3 Å². The maximum Gasteiger partial charge on any atom is 0.228 e. The van der Waals surface area contributed by atoms with Crippen molar-refractivity contribution in [2.75, 3.05) is 27.2 Å². The van der Waals surface area contributed by atoms with E-state index in [0.29, 0.717) is 12.5 Å². The molecule has 0 spiro atoms. The molecule has 0 saturated carbocycles. The Kier molecular flexibility index (Phi) is 4.26. The molecule has 0 aliphatic carbocycles. The number of nitrogens with zero attached hydrogens (tertiary/aromatic N) is 5. The molecule has 0 N–H and O–H groups in total. The minimum absolute atomic E-state index is 0.0963. The third-order valence-corrected chi connectivity index (χ3v) is 4.73. The highest BCUT2D eigenvalue weighted by Crippen LogP contribution is 2.23. The molecular weight excluding hydrogens is 298 g/mol. The van der Waals surface area contributed by atoms with Gasteiger partial charge < -0.3 is 4.90 Å². The third-order valence-electron chi connectivity index (χ3n) is 3.83. The van der Waals surface area contributed by atoms with Crippen molar-refractivity contribution in [2.45, 2.75) is 25.9 Å². The normalized spacial score (nSPS) is 15.8. The van der Waals surface area contributed by atoms with Crippen LogP contribution in [-0.4, -0.2) is 57.7 Å². The number of carbonyl (C=O) groups is 1. The van der Waals surface area contributed by atoms with E-state index >= 15 is 0 Å². The largest absolute Gasteiger partial charge is 0.348 e. The Morgan fingerprint density at radius 1 is 1.45 bits per heavy atom. The zero-order valence-corrected chi connectivity index (χ0v) is 14.0. The molecule has 0 radical (unpaired) electrons. The zero-order chi connectivity index (χ0) is 15.7. The van der Waals surface area contributed by atoms with Gasteiger partial charge in [0, 0.05) is 45.3 Å². The lowest BCUT2D eigenvalue weighted by Crippen LogP contribution is -2.47. The number of rotatable bonds is 5. The van der Waals surface area contributed by atoms with Crippen LogP contribution in [0.4, 0.5) is 0 Å². The van der Waals surface area contributed by atoms with Crippen LogP contribution in [0.1, 0.15) is 22.3 Å². The van der Waals surface area contributed by atoms with Crippen molar-refractivity contribution in [3.8, 4) is 0 Å². The lowest BCUT2D eigenvalue weighted by atomic mass is 10.1. The molecule has 6 nitrogen and oxygen atoms in total. The van der Waals surface area contributed by atoms with Crippen LogP contribution in [0.5, 0.6) is 0 Å². The van der Waals surface area contributed by atoms with Crippen LogP contribution in [0.25, 0.3) is 0 Å². The van der Waals surface area contributed by atoms with E-state index in [9.17, 15) is 4.79 Å². The number of thiazole rings is 1. The SMILES string of the molecule is Cc1cnn(C2CN(Cc3csc(CC(=O)N(C)C)n3)C2)c1. The molecule has 3 heterocycles. The summed E-state index contributed by atoms with van der Waals surface area (Å²) >= 11 is 1.57. The topological polar surface area (TPSA) is 54.3 Å². The van der Waals surface area contributed by atoms with Gasteiger partial charge in [0.25, 0.3) is 0 Å². The van der Waals surface area contributed by atoms with Crippen molar-refractivity contribution in [1.82, 2.24) is 24.6 Å². The second-order valence-corrected chi connectivity index (χ2v) is 6.99. The summed E-state index contributed by atoms with van der Waals surface area (Å²) in [5.74, 6) is 0.0963. The van der Waals surface area contributed by atoms with Gasteiger partial charge in [-0.05, 0) is 12.5 Å². The van der Waals surface area contributed by atoms with Crippen molar-refractivity contribution in [2.24, 2.45) is 0 Å². The number of hydrogen-bond acceptors (Lipinski definition) is 5. The first kappa shape index (κ1) is 15.2. The third kappa shape index (κ3) is 3.36. The van der Waals surface area contributed by atoms with Gasteiger partial charge in [-0.25, -0.2) is 4.98 Å². The number of likely N-dealkylation sites (tertiary alicyclic amines) is 1. The van der Waals surface area contributed by atoms with Crippen LogP contribution < -0.4 is 0 Å². The molecular formula is C15H21N5OS. The van der Waals surface area contributed by atoms with E-state index < -0.39 is 0 Å². The number of aromatic nitrogens is 3. The van der Waals surface area contributed by atoms with E-state index in [1.54, 1.807) is 30.3 Å². The Hall–Kier alpha value is -1.73. The molecule has 0 aromatic carbocycles. The summed E-state index contributed by atoms with van der Waals surface area (Å²) in [6, 6.07) is 0.474. The van der Waals surface area contributed by atoms with Gasteiger partial charge >= 0.3 is 0 Å². The van der Waals surface area contributed by atoms with Crippen molar-refractivity contribution in [3.05, 3.63) is 34.0 Å². The van der Waals surface area contributed by atoms with Gasteiger partial charge in [-0.2, -0.15) is 5.10 Å². The average Bonchev–Trinajstić information content (AvgIpc) is 3.02. The maximum absolute atomic E-state index is 11.7. The molecule has 1 amide bonds. The smallest absolute Gasteiger partial charge is 0.228 e. The van der Waals surface area contributed by atoms with E-state index in [4.69, 9.17) is 0 Å². The van der Waals surface area contributed by atoms with Crippen LogP contribution >= 0.6 is 11.3 Å². The van der Waals surface area contributed by atoms with Gasteiger partial charge in [0.05, 0.1) is 24.4 Å². The molecule has 0 bridgehead atoms. The standard InChI is InChI=1S/C15H21N5OS/c1-11-5-16-20(6-11)13-8-19(9-13)7-12-10-22-14(17-12)4-15(21)18(2)3/h5-6,10,13H,4,7-9H2,1-3H3. The summed E-state index contributed by atoms with van der Waals surface area (Å²) in [4.78, 5) is 20.2. The zero-order valence-electron chi connectivity index (χ0n) is 13.2. The molecule has 0 atom stereocenters. The van der Waals surface area contributed by atoms with E-state index in [1.807, 2.05) is 10.9 Å². The first-order valence-corrected chi connectivity index (χ1v) is 8.26. The average molecular weight is 319 g/mol. The monoisotopic (exact) mass is 319 g/mol. The molecule has 0 unspecified atom stereocenters. The molecule has 22 heavy (non-hydrogen) atoms. The fourth-order valence-corrected chi connectivity index (χ4v) is 3.27. The van der Waals surface area contributed by atoms with Gasteiger partial charge in [0.1, 0.15) is 5.01 Å². The molecule has 2 aromatic rings. The lowest BCUT2D eigenvalue weighted by molar-refractivity contribution is -0.127. The van der Waals surface area contributed by atoms with Gasteiger partial charge in [-0.15, -0.1) is 11.3 Å². The predicted octanol–water partition coefficient (Wildman–Crippen LogP) is 1.34. The summed E-state index contributed by atoms with van der Waals surface area (Å²) in [6.45, 7) is 4.92. The predicted molar refractivity (Wildman–Crippen MR) is 85.8 cm³/mol. The van der Waals surface area contributed by atoms with Crippen LogP contribution in [0.3, 0.4) is 0 Å². The van der Waals surface area contributed by atoms with Crippen molar-refractivity contribution < 1.29 is 4.79 Å². The Labute approximate surface area is 134 Å². The minimum atomic E-state index is 0.0963. The quantitative estimate of drug-likeness (QED) is 0.834. The fraction of sp³-hybridized carbons (Fsp3) is 0.533. The number of hydrogen-bond donors (Lipinski definition) is 0. The Morgan fingerprint density at radius 2 is 2.23 bits per heavy atom. The Balaban J connectivity index is 1.49. The molecule has 118 valence electrons. The second kappa shape index (κ2) is 6.18. The Bertz CT molecular complexity index is 656. The molecule has 7 heteroatoms. The van der Waals surface area contributed by atoms with Crippen LogP contribution in [0.2, 0.25) is 0 Å². The van der Waals surface area contributed by atoms with E-state index in [2.05, 4.69) is 33.5 Å². The molecule has 1 aliphatic rings. The fourth-order valence-electron chi connectivity index (χ4n) is 2.49. The highest BCUT2D eigenvalue weighted by molar-refractivity contribution is 7.09. The number of carbonyl (C=O) groups excluding carboxylic acids is 1. The van der Waals surface area contributed by atoms with Crippen molar-refractivity contribution in [3.63, 3.8) is 0 Å². The maximum atomic E-state index is 11.7. The Morgan fingerprint density at radius 3 is 2.86 bits per heavy atom. The summed E-state index contributed by atoms with van der Waals surface area (Å²) in [5.41, 5.74) is 2.26. The van der Waals surface area contributed by atoms with Gasteiger partial charge in [-0.1, -0.05) is 0 Å². The molecule has 1 saturated heterocycles. The second-order valence-electron chi connectivity index (χ2n) is 6.04. The van der Waals surface area contributed by atoms with Crippen molar-refractivity contribution >= 4 is 17.2 Å². The summed E-state index contributed by atoms with van der Waals surface area (Å²) in [6.07, 6.45) is 4.39. The van der Waals surface area contributed by atoms with Gasteiger partial charge in [0.15, 0.2) is 0 Å². The number of amides is 1. The molecule has 1 fully saturated rings. The number of likely N-dealkylation sites (N-methyl/N-ethyl adjacent to an activating group) is 1. The lowest BCUT2D eigenvalue weighted by Gasteiger charge is -2.38. The van der Waals surface area contributed by atoms with Crippen LogP contribution in [0.15, 0.2) is 17.8 Å². The first-order valence-electron chi connectivity index (χ1n) is 7.38. The van der Waals surface area contributed by atoms with Gasteiger partial charge in [-0.3, -0.25) is 14.4 Å². The van der Waals surface area contributed by atoms with Crippen LogP contribution in [-0.2, 0) is 17.8 Å². The molecule has 3 rings (SSSR count). The van der Waals surface area contributed by atoms with Gasteiger partial charge in [0.2, 0.25) is 5.91 Å². The minimum Gasteiger partial charge on any atom is -0.348 e. The van der Waals surface area contributed by atoms with E-state index in [1.165, 1.54) is 5.56 Å². The van der Waals surface area contributed by atoms with Crippen LogP contribution in [0, 0.1) is 6.92 Å². The summed E-state index contributed by atoms with van der Waals surface area (Å²) in [5, 5.41) is 7.32. The highest BCUT2D eigenvalue weighted by atomic mass is 32.1. The number of aryl methyl sites for hydroxylation is 1. The highest BCUT2D eigenvalue weighted by Gasteiger charge is 2.29. The molecule has 2 aromatic heterocycles. The molecule has 1 aliphatic heterocycles.